The molecule has 1 aromatic carbocycles. The number of hydrogen-bond donors (Lipinski definition) is 3. The minimum atomic E-state index is -0.220. The van der Waals surface area contributed by atoms with Crippen molar-refractivity contribution in [3.63, 3.8) is 0 Å². The van der Waals surface area contributed by atoms with Gasteiger partial charge in [0.05, 0.1) is 11.9 Å². The van der Waals surface area contributed by atoms with Gasteiger partial charge in [0.2, 0.25) is 5.91 Å². The molecule has 1 fully saturated rings. The third-order valence-electron chi connectivity index (χ3n) is 4.52. The minimum Gasteiger partial charge on any atom is -0.327 e. The second-order valence-corrected chi connectivity index (χ2v) is 6.38. The van der Waals surface area contributed by atoms with E-state index in [1.165, 1.54) is 0 Å². The molecular formula is C19H22N4O2. The van der Waals surface area contributed by atoms with Crippen molar-refractivity contribution in [1.29, 1.82) is 0 Å². The van der Waals surface area contributed by atoms with Crippen LogP contribution >= 0.6 is 0 Å². The number of carbonyl (C=O) groups is 2. The summed E-state index contributed by atoms with van der Waals surface area (Å²) in [7, 11) is 0. The van der Waals surface area contributed by atoms with Crippen LogP contribution in [0, 0.1) is 5.92 Å². The van der Waals surface area contributed by atoms with E-state index in [9.17, 15) is 9.59 Å². The van der Waals surface area contributed by atoms with Crippen molar-refractivity contribution in [2.75, 3.05) is 10.6 Å². The fourth-order valence-corrected chi connectivity index (χ4v) is 3.11. The van der Waals surface area contributed by atoms with E-state index in [0.29, 0.717) is 23.4 Å². The monoisotopic (exact) mass is 338 g/mol. The van der Waals surface area contributed by atoms with E-state index in [2.05, 4.69) is 15.6 Å². The maximum absolute atomic E-state index is 12.2. The number of carbonyl (C=O) groups excluding carboxylic acids is 2. The molecule has 4 N–H and O–H groups in total. The molecule has 1 saturated carbocycles. The number of nitrogens with zero attached hydrogens (tertiary/aromatic N) is 1. The number of nitrogens with one attached hydrogen (secondary N) is 2. The standard InChI is InChI=1S/C19H22N4O2/c20-17-5-1-3-14(17)11-18(24)22-15-8-6-13(7-9-15)19(25)23-16-4-2-10-21-12-16/h2,4,6-10,12,14,17H,1,3,5,11,20H2,(H,22,24)(H,23,25)/t14-,17+/m0/s1. The summed E-state index contributed by atoms with van der Waals surface area (Å²) >= 11 is 0. The smallest absolute Gasteiger partial charge is 0.255 e. The summed E-state index contributed by atoms with van der Waals surface area (Å²) < 4.78 is 0. The van der Waals surface area contributed by atoms with Crippen molar-refractivity contribution in [2.45, 2.75) is 31.7 Å². The lowest BCUT2D eigenvalue weighted by Gasteiger charge is -2.14. The molecule has 1 aliphatic rings. The van der Waals surface area contributed by atoms with E-state index in [1.807, 2.05) is 0 Å². The molecule has 1 aliphatic carbocycles. The van der Waals surface area contributed by atoms with Gasteiger partial charge >= 0.3 is 0 Å². The van der Waals surface area contributed by atoms with Gasteiger partial charge in [-0.1, -0.05) is 6.42 Å². The number of benzene rings is 1. The van der Waals surface area contributed by atoms with E-state index in [4.69, 9.17) is 5.73 Å². The summed E-state index contributed by atoms with van der Waals surface area (Å²) in [4.78, 5) is 28.2. The Balaban J connectivity index is 1.54. The second kappa shape index (κ2) is 7.90. The van der Waals surface area contributed by atoms with Crippen LogP contribution in [0.25, 0.3) is 0 Å². The SMILES string of the molecule is N[C@@H]1CCC[C@H]1CC(=O)Nc1ccc(C(=O)Nc2cccnc2)cc1. The highest BCUT2D eigenvalue weighted by molar-refractivity contribution is 6.04. The molecule has 0 unspecified atom stereocenters. The molecule has 25 heavy (non-hydrogen) atoms. The van der Waals surface area contributed by atoms with Gasteiger partial charge in [-0.05, 0) is 55.2 Å². The quantitative estimate of drug-likeness (QED) is 0.781. The zero-order valence-corrected chi connectivity index (χ0v) is 13.9. The number of hydrogen-bond acceptors (Lipinski definition) is 4. The van der Waals surface area contributed by atoms with E-state index < -0.39 is 0 Å². The molecule has 2 aromatic rings. The lowest BCUT2D eigenvalue weighted by atomic mass is 10.00. The van der Waals surface area contributed by atoms with Gasteiger partial charge in [0.1, 0.15) is 0 Å². The van der Waals surface area contributed by atoms with E-state index in [0.717, 1.165) is 19.3 Å². The first-order valence-electron chi connectivity index (χ1n) is 8.48. The molecule has 130 valence electrons. The van der Waals surface area contributed by atoms with Crippen molar-refractivity contribution in [3.8, 4) is 0 Å². The number of aromatic nitrogens is 1. The Morgan fingerprint density at radius 2 is 1.88 bits per heavy atom. The lowest BCUT2D eigenvalue weighted by Crippen LogP contribution is -2.28. The van der Waals surface area contributed by atoms with Gasteiger partial charge < -0.3 is 16.4 Å². The van der Waals surface area contributed by atoms with Crippen LogP contribution in [0.1, 0.15) is 36.0 Å². The Morgan fingerprint density at radius 1 is 1.08 bits per heavy atom. The maximum atomic E-state index is 12.2. The summed E-state index contributed by atoms with van der Waals surface area (Å²) in [6.45, 7) is 0. The van der Waals surface area contributed by atoms with E-state index in [1.54, 1.807) is 48.8 Å². The van der Waals surface area contributed by atoms with Crippen LogP contribution in [0.3, 0.4) is 0 Å². The van der Waals surface area contributed by atoms with Gasteiger partial charge in [0, 0.05) is 29.9 Å². The first kappa shape index (κ1) is 17.1. The molecule has 3 rings (SSSR count). The average molecular weight is 338 g/mol. The first-order valence-corrected chi connectivity index (χ1v) is 8.48. The normalized spacial score (nSPS) is 19.4. The van der Waals surface area contributed by atoms with E-state index >= 15 is 0 Å². The molecule has 0 saturated heterocycles. The highest BCUT2D eigenvalue weighted by Gasteiger charge is 2.26. The van der Waals surface area contributed by atoms with Gasteiger partial charge in [-0.3, -0.25) is 14.6 Å². The highest BCUT2D eigenvalue weighted by Crippen LogP contribution is 2.27. The number of anilines is 2. The number of amides is 2. The summed E-state index contributed by atoms with van der Waals surface area (Å²) in [5.41, 5.74) is 7.83. The number of pyridine rings is 1. The molecule has 1 heterocycles. The first-order chi connectivity index (χ1) is 12.1. The van der Waals surface area contributed by atoms with Crippen LogP contribution in [0.2, 0.25) is 0 Å². The fourth-order valence-electron chi connectivity index (χ4n) is 3.11. The van der Waals surface area contributed by atoms with Crippen LogP contribution in [0.15, 0.2) is 48.8 Å². The lowest BCUT2D eigenvalue weighted by molar-refractivity contribution is -0.117. The zero-order chi connectivity index (χ0) is 17.6. The fraction of sp³-hybridized carbons (Fsp3) is 0.316. The van der Waals surface area contributed by atoms with Gasteiger partial charge in [-0.25, -0.2) is 0 Å². The molecule has 2 amide bonds. The molecule has 0 spiro atoms. The second-order valence-electron chi connectivity index (χ2n) is 6.38. The van der Waals surface area contributed by atoms with Crippen molar-refractivity contribution in [1.82, 2.24) is 4.98 Å². The summed E-state index contributed by atoms with van der Waals surface area (Å²) in [6.07, 6.45) is 6.79. The van der Waals surface area contributed by atoms with Gasteiger partial charge in [0.25, 0.3) is 5.91 Å². The molecule has 0 bridgehead atoms. The number of rotatable bonds is 5. The van der Waals surface area contributed by atoms with Gasteiger partial charge in [0.15, 0.2) is 0 Å². The molecule has 6 heteroatoms. The minimum absolute atomic E-state index is 0.0325. The molecule has 0 aliphatic heterocycles. The highest BCUT2D eigenvalue weighted by atomic mass is 16.2. The maximum Gasteiger partial charge on any atom is 0.255 e. The molecule has 1 aromatic heterocycles. The molecule has 6 nitrogen and oxygen atoms in total. The predicted molar refractivity (Wildman–Crippen MR) is 97.2 cm³/mol. The summed E-state index contributed by atoms with van der Waals surface area (Å²) in [5, 5.41) is 5.64. The largest absolute Gasteiger partial charge is 0.327 e. The van der Waals surface area contributed by atoms with Crippen LogP contribution < -0.4 is 16.4 Å². The van der Waals surface area contributed by atoms with Gasteiger partial charge in [-0.15, -0.1) is 0 Å². The van der Waals surface area contributed by atoms with Crippen LogP contribution in [-0.4, -0.2) is 22.8 Å². The zero-order valence-electron chi connectivity index (χ0n) is 13.9. The Kier molecular flexibility index (Phi) is 5.40. The van der Waals surface area contributed by atoms with Crippen molar-refractivity contribution in [3.05, 3.63) is 54.4 Å². The van der Waals surface area contributed by atoms with Crippen molar-refractivity contribution < 1.29 is 9.59 Å². The van der Waals surface area contributed by atoms with Crippen molar-refractivity contribution >= 4 is 23.2 Å². The van der Waals surface area contributed by atoms with Gasteiger partial charge in [-0.2, -0.15) is 0 Å². The van der Waals surface area contributed by atoms with Crippen LogP contribution in [-0.2, 0) is 4.79 Å². The Bertz CT molecular complexity index is 731. The Labute approximate surface area is 146 Å². The van der Waals surface area contributed by atoms with Crippen LogP contribution in [0.5, 0.6) is 0 Å². The third-order valence-corrected chi connectivity index (χ3v) is 4.52. The Hall–Kier alpha value is -2.73. The summed E-state index contributed by atoms with van der Waals surface area (Å²) in [6, 6.07) is 10.5. The van der Waals surface area contributed by atoms with E-state index in [-0.39, 0.29) is 23.8 Å². The average Bonchev–Trinajstić information content (AvgIpc) is 3.01. The molecule has 0 radical (unpaired) electrons. The van der Waals surface area contributed by atoms with Crippen molar-refractivity contribution in [2.24, 2.45) is 11.7 Å². The summed E-state index contributed by atoms with van der Waals surface area (Å²) in [5.74, 6) is 0.0160. The number of nitrogens with two attached hydrogens (primary N) is 1. The third kappa shape index (κ3) is 4.64. The Morgan fingerprint density at radius 3 is 2.52 bits per heavy atom. The topological polar surface area (TPSA) is 97.1 Å². The molecule has 2 atom stereocenters. The van der Waals surface area contributed by atoms with Crippen LogP contribution in [0.4, 0.5) is 11.4 Å². The predicted octanol–water partition coefficient (Wildman–Crippen LogP) is 2.79. The molecular weight excluding hydrogens is 316 g/mol.